The van der Waals surface area contributed by atoms with E-state index in [0.717, 1.165) is 18.6 Å². The lowest BCUT2D eigenvalue weighted by atomic mass is 10.2. The molecule has 1 aromatic heterocycles. The van der Waals surface area contributed by atoms with Gasteiger partial charge in [0.15, 0.2) is 17.7 Å². The number of ether oxygens (including phenoxy) is 1. The molecule has 4 nitrogen and oxygen atoms in total. The first-order valence-electron chi connectivity index (χ1n) is 7.42. The maximum atomic E-state index is 13.5. The highest BCUT2D eigenvalue weighted by Gasteiger charge is 2.19. The van der Waals surface area contributed by atoms with Gasteiger partial charge in [-0.2, -0.15) is 0 Å². The van der Waals surface area contributed by atoms with Gasteiger partial charge < -0.3 is 14.5 Å². The van der Waals surface area contributed by atoms with Crippen molar-refractivity contribution in [3.63, 3.8) is 0 Å². The van der Waals surface area contributed by atoms with Crippen molar-refractivity contribution in [2.75, 3.05) is 6.54 Å². The Labute approximate surface area is 129 Å². The summed E-state index contributed by atoms with van der Waals surface area (Å²) in [6.45, 7) is 2.35. The topological polar surface area (TPSA) is 51.5 Å². The Hall–Kier alpha value is -2.30. The fraction of sp³-hybridized carbons (Fsp3) is 0.353. The summed E-state index contributed by atoms with van der Waals surface area (Å²) in [6.07, 6.45) is 2.94. The van der Waals surface area contributed by atoms with E-state index >= 15 is 0 Å². The number of benzene rings is 1. The van der Waals surface area contributed by atoms with E-state index in [9.17, 15) is 9.18 Å². The maximum absolute atomic E-state index is 13.5. The lowest BCUT2D eigenvalue weighted by molar-refractivity contribution is -0.128. The Bertz CT molecular complexity index is 583. The number of amides is 1. The number of para-hydroxylation sites is 1. The molecule has 0 radical (unpaired) electrons. The minimum atomic E-state index is -0.694. The Morgan fingerprint density at radius 2 is 2.14 bits per heavy atom. The van der Waals surface area contributed by atoms with Gasteiger partial charge in [-0.05, 0) is 37.1 Å². The molecule has 0 fully saturated rings. The van der Waals surface area contributed by atoms with Crippen molar-refractivity contribution < 1.29 is 18.3 Å². The van der Waals surface area contributed by atoms with Crippen molar-refractivity contribution in [3.8, 4) is 5.75 Å². The average molecular weight is 305 g/mol. The zero-order valence-corrected chi connectivity index (χ0v) is 12.5. The van der Waals surface area contributed by atoms with E-state index in [0.29, 0.717) is 13.0 Å². The Kier molecular flexibility index (Phi) is 6.01. The van der Waals surface area contributed by atoms with Crippen LogP contribution in [-0.4, -0.2) is 18.6 Å². The summed E-state index contributed by atoms with van der Waals surface area (Å²) in [7, 11) is 0. The maximum Gasteiger partial charge on any atom is 0.261 e. The van der Waals surface area contributed by atoms with Gasteiger partial charge in [-0.25, -0.2) is 4.39 Å². The molecular weight excluding hydrogens is 285 g/mol. The summed E-state index contributed by atoms with van der Waals surface area (Å²) in [5.41, 5.74) is 0. The van der Waals surface area contributed by atoms with Crippen LogP contribution in [0.4, 0.5) is 4.39 Å². The number of furan rings is 1. The monoisotopic (exact) mass is 305 g/mol. The highest BCUT2D eigenvalue weighted by atomic mass is 19.1. The standard InChI is InChI=1S/C17H20FNO3/c1-2-15(22-16-10-4-3-9-14(16)18)17(20)19-11-5-7-13-8-6-12-21-13/h3-4,6,8-10,12,15H,2,5,7,11H2,1H3,(H,19,20). The number of halogens is 1. The quantitative estimate of drug-likeness (QED) is 0.761. The molecule has 1 amide bonds. The SMILES string of the molecule is CCC(Oc1ccccc1F)C(=O)NCCCc1ccco1. The molecule has 118 valence electrons. The Morgan fingerprint density at radius 1 is 1.32 bits per heavy atom. The first-order valence-corrected chi connectivity index (χ1v) is 7.42. The fourth-order valence-corrected chi connectivity index (χ4v) is 2.06. The molecule has 0 aliphatic carbocycles. The Morgan fingerprint density at radius 3 is 2.82 bits per heavy atom. The van der Waals surface area contributed by atoms with Crippen LogP contribution in [-0.2, 0) is 11.2 Å². The number of rotatable bonds is 8. The van der Waals surface area contributed by atoms with Crippen LogP contribution in [0.3, 0.4) is 0 Å². The first-order chi connectivity index (χ1) is 10.7. The number of nitrogens with one attached hydrogen (secondary N) is 1. The van der Waals surface area contributed by atoms with Gasteiger partial charge in [0, 0.05) is 13.0 Å². The molecule has 1 aromatic carbocycles. The van der Waals surface area contributed by atoms with E-state index in [1.165, 1.54) is 12.1 Å². The third-order valence-electron chi connectivity index (χ3n) is 3.25. The third kappa shape index (κ3) is 4.62. The van der Waals surface area contributed by atoms with Crippen molar-refractivity contribution in [3.05, 3.63) is 54.2 Å². The van der Waals surface area contributed by atoms with Crippen LogP contribution in [0.5, 0.6) is 5.75 Å². The highest BCUT2D eigenvalue weighted by molar-refractivity contribution is 5.81. The number of hydrogen-bond donors (Lipinski definition) is 1. The fourth-order valence-electron chi connectivity index (χ4n) is 2.06. The molecule has 0 aliphatic heterocycles. The van der Waals surface area contributed by atoms with Gasteiger partial charge in [-0.1, -0.05) is 19.1 Å². The van der Waals surface area contributed by atoms with Gasteiger partial charge in [0.05, 0.1) is 6.26 Å². The van der Waals surface area contributed by atoms with E-state index in [4.69, 9.17) is 9.15 Å². The van der Waals surface area contributed by atoms with Crippen LogP contribution in [0.2, 0.25) is 0 Å². The summed E-state index contributed by atoms with van der Waals surface area (Å²) in [4.78, 5) is 12.1. The summed E-state index contributed by atoms with van der Waals surface area (Å²) >= 11 is 0. The van der Waals surface area contributed by atoms with Gasteiger partial charge >= 0.3 is 0 Å². The van der Waals surface area contributed by atoms with Gasteiger partial charge in [-0.15, -0.1) is 0 Å². The van der Waals surface area contributed by atoms with E-state index in [1.54, 1.807) is 18.4 Å². The molecule has 5 heteroatoms. The van der Waals surface area contributed by atoms with Crippen LogP contribution in [0.1, 0.15) is 25.5 Å². The van der Waals surface area contributed by atoms with Crippen molar-refractivity contribution in [2.45, 2.75) is 32.3 Å². The molecular formula is C17H20FNO3. The predicted octanol–water partition coefficient (Wildman–Crippen LogP) is 3.33. The second-order valence-electron chi connectivity index (χ2n) is 4.92. The summed E-state index contributed by atoms with van der Waals surface area (Å²) in [5, 5.41) is 2.81. The van der Waals surface area contributed by atoms with Crippen LogP contribution in [0.15, 0.2) is 47.1 Å². The first kappa shape index (κ1) is 16.1. The molecule has 1 unspecified atom stereocenters. The molecule has 0 spiro atoms. The largest absolute Gasteiger partial charge is 0.478 e. The van der Waals surface area contributed by atoms with E-state index in [-0.39, 0.29) is 11.7 Å². The number of aryl methyl sites for hydroxylation is 1. The Balaban J connectivity index is 1.77. The minimum absolute atomic E-state index is 0.0973. The van der Waals surface area contributed by atoms with Crippen molar-refractivity contribution in [2.24, 2.45) is 0 Å². The zero-order chi connectivity index (χ0) is 15.8. The summed E-state index contributed by atoms with van der Waals surface area (Å²) in [6, 6.07) is 9.82. The van der Waals surface area contributed by atoms with Crippen LogP contribution in [0, 0.1) is 5.82 Å². The predicted molar refractivity (Wildman–Crippen MR) is 81.1 cm³/mol. The molecule has 22 heavy (non-hydrogen) atoms. The van der Waals surface area contributed by atoms with Gasteiger partial charge in [0.2, 0.25) is 0 Å². The number of carbonyl (C=O) groups excluding carboxylic acids is 1. The second kappa shape index (κ2) is 8.22. The van der Waals surface area contributed by atoms with E-state index in [2.05, 4.69) is 5.32 Å². The van der Waals surface area contributed by atoms with Crippen molar-refractivity contribution in [1.82, 2.24) is 5.32 Å². The normalized spacial score (nSPS) is 11.9. The van der Waals surface area contributed by atoms with Crippen molar-refractivity contribution in [1.29, 1.82) is 0 Å². The molecule has 1 heterocycles. The lowest BCUT2D eigenvalue weighted by Gasteiger charge is -2.17. The third-order valence-corrected chi connectivity index (χ3v) is 3.25. The molecule has 0 saturated heterocycles. The molecule has 1 N–H and O–H groups in total. The lowest BCUT2D eigenvalue weighted by Crippen LogP contribution is -2.38. The molecule has 0 saturated carbocycles. The van der Waals surface area contributed by atoms with Gasteiger partial charge in [0.1, 0.15) is 5.76 Å². The average Bonchev–Trinajstić information content (AvgIpc) is 3.04. The zero-order valence-electron chi connectivity index (χ0n) is 12.5. The van der Waals surface area contributed by atoms with Crippen LogP contribution < -0.4 is 10.1 Å². The molecule has 0 aliphatic rings. The van der Waals surface area contributed by atoms with Crippen LogP contribution in [0.25, 0.3) is 0 Å². The summed E-state index contributed by atoms with van der Waals surface area (Å²) in [5.74, 6) is 0.292. The molecule has 0 bridgehead atoms. The molecule has 2 aromatic rings. The highest BCUT2D eigenvalue weighted by Crippen LogP contribution is 2.18. The number of hydrogen-bond acceptors (Lipinski definition) is 3. The van der Waals surface area contributed by atoms with E-state index in [1.807, 2.05) is 19.1 Å². The van der Waals surface area contributed by atoms with Crippen LogP contribution >= 0.6 is 0 Å². The van der Waals surface area contributed by atoms with Gasteiger partial charge in [0.25, 0.3) is 5.91 Å². The smallest absolute Gasteiger partial charge is 0.261 e. The second-order valence-corrected chi connectivity index (χ2v) is 4.92. The van der Waals surface area contributed by atoms with Crippen molar-refractivity contribution >= 4 is 5.91 Å². The number of carbonyl (C=O) groups is 1. The van der Waals surface area contributed by atoms with E-state index < -0.39 is 11.9 Å². The summed E-state index contributed by atoms with van der Waals surface area (Å²) < 4.78 is 24.2. The molecule has 2 rings (SSSR count). The van der Waals surface area contributed by atoms with Gasteiger partial charge in [-0.3, -0.25) is 4.79 Å². The molecule has 1 atom stereocenters. The minimum Gasteiger partial charge on any atom is -0.478 e.